The summed E-state index contributed by atoms with van der Waals surface area (Å²) in [6.45, 7) is 4.68. The van der Waals surface area contributed by atoms with Gasteiger partial charge in [0.25, 0.3) is 5.91 Å². The molecule has 1 heterocycles. The van der Waals surface area contributed by atoms with Crippen LogP contribution in [-0.4, -0.2) is 29.9 Å². The third-order valence-electron chi connectivity index (χ3n) is 4.31. The maximum Gasteiger partial charge on any atom is 0.255 e. The predicted octanol–water partition coefficient (Wildman–Crippen LogP) is 3.82. The van der Waals surface area contributed by atoms with Crippen LogP contribution in [0.3, 0.4) is 0 Å². The van der Waals surface area contributed by atoms with E-state index in [1.165, 1.54) is 0 Å². The number of amides is 1. The van der Waals surface area contributed by atoms with E-state index in [1.54, 1.807) is 32.4 Å². The van der Waals surface area contributed by atoms with Gasteiger partial charge in [0.1, 0.15) is 11.5 Å². The lowest BCUT2D eigenvalue weighted by atomic mass is 10.1. The van der Waals surface area contributed by atoms with E-state index in [2.05, 4.69) is 10.4 Å². The topological polar surface area (TPSA) is 65.4 Å². The highest BCUT2D eigenvalue weighted by Crippen LogP contribution is 2.29. The molecule has 1 N–H and O–H groups in total. The second kappa shape index (κ2) is 7.95. The van der Waals surface area contributed by atoms with Crippen LogP contribution in [0.2, 0.25) is 0 Å². The van der Waals surface area contributed by atoms with Gasteiger partial charge in [0, 0.05) is 17.3 Å². The molecular formula is C21H23N3O3. The van der Waals surface area contributed by atoms with Crippen molar-refractivity contribution in [2.24, 2.45) is 0 Å². The first-order chi connectivity index (χ1) is 13.0. The van der Waals surface area contributed by atoms with Crippen molar-refractivity contribution in [3.05, 3.63) is 71.0 Å². The lowest BCUT2D eigenvalue weighted by Gasteiger charge is -2.12. The molecule has 140 valence electrons. The number of nitrogens with zero attached hydrogens (tertiary/aromatic N) is 2. The quantitative estimate of drug-likeness (QED) is 0.721. The van der Waals surface area contributed by atoms with Crippen LogP contribution in [-0.2, 0) is 6.54 Å². The van der Waals surface area contributed by atoms with Crippen molar-refractivity contribution in [1.29, 1.82) is 0 Å². The fraction of sp³-hybridized carbons (Fsp3) is 0.238. The van der Waals surface area contributed by atoms with Crippen LogP contribution in [0.25, 0.3) is 0 Å². The number of hydrogen-bond acceptors (Lipinski definition) is 4. The van der Waals surface area contributed by atoms with Gasteiger partial charge in [0.15, 0.2) is 0 Å². The SMILES string of the molecule is COc1ccc(OC)c(NC(=O)c2ccc(Cn3nc(C)cc3C)cc2)c1. The van der Waals surface area contributed by atoms with Crippen LogP contribution in [0.1, 0.15) is 27.3 Å². The highest BCUT2D eigenvalue weighted by atomic mass is 16.5. The minimum Gasteiger partial charge on any atom is -0.497 e. The van der Waals surface area contributed by atoms with Gasteiger partial charge in [-0.1, -0.05) is 12.1 Å². The number of aryl methyl sites for hydroxylation is 2. The number of benzene rings is 2. The Kier molecular flexibility index (Phi) is 5.45. The van der Waals surface area contributed by atoms with Crippen molar-refractivity contribution in [2.45, 2.75) is 20.4 Å². The van der Waals surface area contributed by atoms with Gasteiger partial charge in [-0.3, -0.25) is 9.48 Å². The minimum absolute atomic E-state index is 0.209. The van der Waals surface area contributed by atoms with Gasteiger partial charge in [-0.15, -0.1) is 0 Å². The van der Waals surface area contributed by atoms with E-state index in [1.807, 2.05) is 48.9 Å². The van der Waals surface area contributed by atoms with Crippen LogP contribution in [0, 0.1) is 13.8 Å². The van der Waals surface area contributed by atoms with Crippen molar-refractivity contribution in [3.63, 3.8) is 0 Å². The molecule has 0 unspecified atom stereocenters. The maximum atomic E-state index is 12.6. The predicted molar refractivity (Wildman–Crippen MR) is 105 cm³/mol. The summed E-state index contributed by atoms with van der Waals surface area (Å²) in [5, 5.41) is 7.34. The molecule has 0 saturated heterocycles. The molecule has 3 rings (SSSR count). The molecule has 0 bridgehead atoms. The number of rotatable bonds is 6. The summed E-state index contributed by atoms with van der Waals surface area (Å²) in [6.07, 6.45) is 0. The van der Waals surface area contributed by atoms with Crippen molar-refractivity contribution in [2.75, 3.05) is 19.5 Å². The number of methoxy groups -OCH3 is 2. The molecule has 0 atom stereocenters. The van der Waals surface area contributed by atoms with E-state index in [-0.39, 0.29) is 5.91 Å². The normalized spacial score (nSPS) is 10.5. The molecule has 0 aliphatic rings. The number of ether oxygens (including phenoxy) is 2. The summed E-state index contributed by atoms with van der Waals surface area (Å²) in [4.78, 5) is 12.6. The average Bonchev–Trinajstić information content (AvgIpc) is 2.99. The Balaban J connectivity index is 1.73. The molecule has 1 amide bonds. The molecule has 0 fully saturated rings. The Morgan fingerprint density at radius 1 is 1.04 bits per heavy atom. The Morgan fingerprint density at radius 2 is 1.78 bits per heavy atom. The monoisotopic (exact) mass is 365 g/mol. The Hall–Kier alpha value is -3.28. The third-order valence-corrected chi connectivity index (χ3v) is 4.31. The van der Waals surface area contributed by atoms with Crippen LogP contribution in [0.15, 0.2) is 48.5 Å². The highest BCUT2D eigenvalue weighted by molar-refractivity contribution is 6.05. The summed E-state index contributed by atoms with van der Waals surface area (Å²) >= 11 is 0. The minimum atomic E-state index is -0.209. The Morgan fingerprint density at radius 3 is 2.37 bits per heavy atom. The lowest BCUT2D eigenvalue weighted by molar-refractivity contribution is 0.102. The summed E-state index contributed by atoms with van der Waals surface area (Å²) in [6, 6.07) is 14.8. The number of anilines is 1. The van der Waals surface area contributed by atoms with Crippen LogP contribution in [0.4, 0.5) is 5.69 Å². The first kappa shape index (κ1) is 18.5. The molecule has 0 aliphatic heterocycles. The van der Waals surface area contributed by atoms with Crippen molar-refractivity contribution >= 4 is 11.6 Å². The van der Waals surface area contributed by atoms with E-state index >= 15 is 0 Å². The van der Waals surface area contributed by atoms with Gasteiger partial charge < -0.3 is 14.8 Å². The number of carbonyl (C=O) groups is 1. The molecule has 0 saturated carbocycles. The largest absolute Gasteiger partial charge is 0.497 e. The molecule has 0 aliphatic carbocycles. The Bertz CT molecular complexity index is 946. The maximum absolute atomic E-state index is 12.6. The summed E-state index contributed by atoms with van der Waals surface area (Å²) < 4.78 is 12.5. The highest BCUT2D eigenvalue weighted by Gasteiger charge is 2.11. The number of aromatic nitrogens is 2. The zero-order valence-corrected chi connectivity index (χ0v) is 15.9. The molecular weight excluding hydrogens is 342 g/mol. The number of nitrogens with one attached hydrogen (secondary N) is 1. The van der Waals surface area contributed by atoms with E-state index in [0.29, 0.717) is 29.3 Å². The van der Waals surface area contributed by atoms with E-state index in [9.17, 15) is 4.79 Å². The number of hydrogen-bond donors (Lipinski definition) is 1. The van der Waals surface area contributed by atoms with Crippen LogP contribution in [0.5, 0.6) is 11.5 Å². The van der Waals surface area contributed by atoms with Crippen molar-refractivity contribution in [1.82, 2.24) is 9.78 Å². The molecule has 0 radical (unpaired) electrons. The van der Waals surface area contributed by atoms with Crippen LogP contribution >= 0.6 is 0 Å². The summed E-state index contributed by atoms with van der Waals surface area (Å²) in [7, 11) is 3.14. The van der Waals surface area contributed by atoms with Crippen molar-refractivity contribution in [3.8, 4) is 11.5 Å². The third kappa shape index (κ3) is 4.28. The van der Waals surface area contributed by atoms with Crippen molar-refractivity contribution < 1.29 is 14.3 Å². The second-order valence-corrected chi connectivity index (χ2v) is 6.30. The fourth-order valence-corrected chi connectivity index (χ4v) is 2.88. The molecule has 6 heteroatoms. The van der Waals surface area contributed by atoms with Gasteiger partial charge in [0.2, 0.25) is 0 Å². The van der Waals surface area contributed by atoms with E-state index < -0.39 is 0 Å². The smallest absolute Gasteiger partial charge is 0.255 e. The average molecular weight is 365 g/mol. The van der Waals surface area contributed by atoms with Gasteiger partial charge in [0.05, 0.1) is 32.1 Å². The number of carbonyl (C=O) groups excluding carboxylic acids is 1. The lowest BCUT2D eigenvalue weighted by Crippen LogP contribution is -2.13. The van der Waals surface area contributed by atoms with Gasteiger partial charge in [-0.2, -0.15) is 5.10 Å². The standard InChI is InChI=1S/C21H23N3O3/c1-14-11-15(2)24(23-14)13-16-5-7-17(8-6-16)21(25)22-19-12-18(26-3)9-10-20(19)27-4/h5-12H,13H2,1-4H3,(H,22,25). The molecule has 1 aromatic heterocycles. The first-order valence-electron chi connectivity index (χ1n) is 8.63. The molecule has 3 aromatic rings. The van der Waals surface area contributed by atoms with Crippen LogP contribution < -0.4 is 14.8 Å². The molecule has 2 aromatic carbocycles. The second-order valence-electron chi connectivity index (χ2n) is 6.30. The first-order valence-corrected chi connectivity index (χ1v) is 8.63. The molecule has 0 spiro atoms. The zero-order chi connectivity index (χ0) is 19.4. The van der Waals surface area contributed by atoms with Gasteiger partial charge in [-0.05, 0) is 49.7 Å². The molecule has 6 nitrogen and oxygen atoms in total. The zero-order valence-electron chi connectivity index (χ0n) is 15.9. The van der Waals surface area contributed by atoms with Gasteiger partial charge in [-0.25, -0.2) is 0 Å². The summed E-state index contributed by atoms with van der Waals surface area (Å²) in [5.74, 6) is 1.01. The van der Waals surface area contributed by atoms with E-state index in [0.717, 1.165) is 17.0 Å². The summed E-state index contributed by atoms with van der Waals surface area (Å²) in [5.41, 5.74) is 4.32. The fourth-order valence-electron chi connectivity index (χ4n) is 2.88. The molecule has 27 heavy (non-hydrogen) atoms. The Labute approximate surface area is 158 Å². The van der Waals surface area contributed by atoms with E-state index in [4.69, 9.17) is 9.47 Å². The van der Waals surface area contributed by atoms with Gasteiger partial charge >= 0.3 is 0 Å².